The zero-order valence-electron chi connectivity index (χ0n) is 13.8. The van der Waals surface area contributed by atoms with Gasteiger partial charge in [-0.3, -0.25) is 12.9 Å². The molecule has 0 radical (unpaired) electrons. The molecule has 24 heavy (non-hydrogen) atoms. The van der Waals surface area contributed by atoms with E-state index in [0.29, 0.717) is 26.0 Å². The molecule has 144 valence electrons. The van der Waals surface area contributed by atoms with Crippen molar-refractivity contribution in [1.29, 1.82) is 0 Å². The van der Waals surface area contributed by atoms with E-state index in [2.05, 4.69) is 13.5 Å². The summed E-state index contributed by atoms with van der Waals surface area (Å²) in [5.41, 5.74) is 0. The lowest BCUT2D eigenvalue weighted by Crippen LogP contribution is -2.35. The molecular formula is C11H25N2O8PS2. The first-order valence-corrected chi connectivity index (χ1v) is 12.7. The van der Waals surface area contributed by atoms with E-state index in [0.717, 1.165) is 18.9 Å². The van der Waals surface area contributed by atoms with Gasteiger partial charge in [-0.25, -0.2) is 9.76 Å². The molecule has 1 saturated heterocycles. The highest BCUT2D eigenvalue weighted by Gasteiger charge is 2.33. The lowest BCUT2D eigenvalue weighted by Gasteiger charge is -2.33. The molecule has 0 aliphatic carbocycles. The van der Waals surface area contributed by atoms with Gasteiger partial charge in [-0.1, -0.05) is 0 Å². The van der Waals surface area contributed by atoms with Gasteiger partial charge in [0.25, 0.3) is 20.2 Å². The van der Waals surface area contributed by atoms with Crippen molar-refractivity contribution in [3.05, 3.63) is 0 Å². The topological polar surface area (TPSA) is 128 Å². The fraction of sp³-hybridized carbons (Fsp3) is 1.00. The van der Waals surface area contributed by atoms with Crippen LogP contribution in [0.3, 0.4) is 0 Å². The van der Waals surface area contributed by atoms with Crippen LogP contribution in [0.25, 0.3) is 0 Å². The molecule has 0 saturated carbocycles. The van der Waals surface area contributed by atoms with Gasteiger partial charge in [0.2, 0.25) is 0 Å². The number of rotatable bonds is 11. The van der Waals surface area contributed by atoms with Crippen LogP contribution in [0.15, 0.2) is 0 Å². The van der Waals surface area contributed by atoms with Crippen LogP contribution in [-0.2, 0) is 37.7 Å². The van der Waals surface area contributed by atoms with Crippen LogP contribution in [0, 0.1) is 0 Å². The zero-order valence-corrected chi connectivity index (χ0v) is 16.4. The molecule has 13 heteroatoms. The Balaban J connectivity index is 2.54. The van der Waals surface area contributed by atoms with Crippen molar-refractivity contribution in [1.82, 2.24) is 9.76 Å². The number of hydrogen-bond acceptors (Lipinski definition) is 8. The first kappa shape index (κ1) is 22.0. The van der Waals surface area contributed by atoms with Crippen molar-refractivity contribution in [3.8, 4) is 0 Å². The maximum absolute atomic E-state index is 12.8. The Morgan fingerprint density at radius 3 is 1.92 bits per heavy atom. The maximum atomic E-state index is 12.8. The predicted octanol–water partition coefficient (Wildman–Crippen LogP) is 0.139. The van der Waals surface area contributed by atoms with Crippen LogP contribution >= 0.6 is 7.67 Å². The van der Waals surface area contributed by atoms with Gasteiger partial charge in [0.1, 0.15) is 0 Å². The van der Waals surface area contributed by atoms with Gasteiger partial charge in [-0.2, -0.15) is 16.8 Å². The van der Waals surface area contributed by atoms with E-state index in [1.165, 1.54) is 0 Å². The average molecular weight is 408 g/mol. The minimum absolute atomic E-state index is 0.0326. The number of nitrogens with one attached hydrogen (secondary N) is 1. The molecule has 1 N–H and O–H groups in total. The van der Waals surface area contributed by atoms with Gasteiger partial charge in [-0.15, -0.1) is 0 Å². The second-order valence-corrected chi connectivity index (χ2v) is 10.8. The molecule has 0 aromatic heterocycles. The third-order valence-corrected chi connectivity index (χ3v) is 6.48. The van der Waals surface area contributed by atoms with E-state index >= 15 is 0 Å². The standard InChI is InChI=1S/C11H25N2O8PS2/c1-23(15,16)20-10-4-7-13(8-5-11-21-24(2,17)18)22(14)12-6-3-9-19-22/h3-11H2,1-2H3,(H,12,14). The fourth-order valence-electron chi connectivity index (χ4n) is 2.00. The lowest BCUT2D eigenvalue weighted by atomic mass is 10.4. The van der Waals surface area contributed by atoms with Gasteiger partial charge in [0.05, 0.1) is 32.3 Å². The van der Waals surface area contributed by atoms with Crippen molar-refractivity contribution in [2.75, 3.05) is 52.0 Å². The zero-order chi connectivity index (χ0) is 18.3. The summed E-state index contributed by atoms with van der Waals surface area (Å²) in [6, 6.07) is 0. The summed E-state index contributed by atoms with van der Waals surface area (Å²) in [6.07, 6.45) is 3.32. The Hall–Kier alpha value is -0.0700. The minimum Gasteiger partial charge on any atom is -0.306 e. The molecule has 1 atom stereocenters. The van der Waals surface area contributed by atoms with Crippen LogP contribution in [0.1, 0.15) is 19.3 Å². The summed E-state index contributed by atoms with van der Waals surface area (Å²) in [4.78, 5) is 0. The molecular weight excluding hydrogens is 383 g/mol. The largest absolute Gasteiger partial charge is 0.343 e. The van der Waals surface area contributed by atoms with Crippen LogP contribution in [0.5, 0.6) is 0 Å². The van der Waals surface area contributed by atoms with Crippen LogP contribution in [0.2, 0.25) is 0 Å². The molecule has 0 aromatic carbocycles. The second kappa shape index (κ2) is 9.58. The summed E-state index contributed by atoms with van der Waals surface area (Å²) in [5, 5.41) is 2.85. The first-order chi connectivity index (χ1) is 11.0. The van der Waals surface area contributed by atoms with Crippen LogP contribution < -0.4 is 5.09 Å². The maximum Gasteiger partial charge on any atom is 0.343 e. The van der Waals surface area contributed by atoms with Crippen molar-refractivity contribution in [2.24, 2.45) is 0 Å². The van der Waals surface area contributed by atoms with Crippen molar-refractivity contribution >= 4 is 27.9 Å². The first-order valence-electron chi connectivity index (χ1n) is 7.46. The molecule has 1 rings (SSSR count). The third-order valence-electron chi connectivity index (χ3n) is 2.99. The van der Waals surface area contributed by atoms with E-state index in [1.54, 1.807) is 4.67 Å². The monoisotopic (exact) mass is 408 g/mol. The van der Waals surface area contributed by atoms with Crippen molar-refractivity contribution in [2.45, 2.75) is 19.3 Å². The summed E-state index contributed by atoms with van der Waals surface area (Å²) in [5.74, 6) is 0. The molecule has 1 fully saturated rings. The quantitative estimate of drug-likeness (QED) is 0.286. The third kappa shape index (κ3) is 9.42. The Morgan fingerprint density at radius 2 is 1.54 bits per heavy atom. The molecule has 1 unspecified atom stereocenters. The molecule has 1 aliphatic heterocycles. The predicted molar refractivity (Wildman–Crippen MR) is 88.6 cm³/mol. The highest BCUT2D eigenvalue weighted by molar-refractivity contribution is 7.86. The summed E-state index contributed by atoms with van der Waals surface area (Å²) >= 11 is 0. The Kier molecular flexibility index (Phi) is 8.77. The minimum atomic E-state index is -3.52. The average Bonchev–Trinajstić information content (AvgIpc) is 2.43. The van der Waals surface area contributed by atoms with Gasteiger partial charge in [0, 0.05) is 19.6 Å². The van der Waals surface area contributed by atoms with Crippen molar-refractivity contribution < 1.29 is 34.3 Å². The highest BCUT2D eigenvalue weighted by Crippen LogP contribution is 2.48. The van der Waals surface area contributed by atoms with E-state index in [-0.39, 0.29) is 26.3 Å². The van der Waals surface area contributed by atoms with E-state index in [9.17, 15) is 21.4 Å². The summed E-state index contributed by atoms with van der Waals surface area (Å²) < 4.78 is 72.8. The Labute approximate surface area is 143 Å². The summed E-state index contributed by atoms with van der Waals surface area (Å²) in [7, 11) is -10.3. The van der Waals surface area contributed by atoms with Gasteiger partial charge < -0.3 is 4.52 Å². The van der Waals surface area contributed by atoms with Gasteiger partial charge >= 0.3 is 7.67 Å². The smallest absolute Gasteiger partial charge is 0.306 e. The van der Waals surface area contributed by atoms with Gasteiger partial charge in [0.15, 0.2) is 0 Å². The van der Waals surface area contributed by atoms with E-state index < -0.39 is 27.9 Å². The van der Waals surface area contributed by atoms with Gasteiger partial charge in [-0.05, 0) is 19.3 Å². The molecule has 1 heterocycles. The second-order valence-electron chi connectivity index (χ2n) is 5.33. The number of nitrogens with zero attached hydrogens (tertiary/aromatic N) is 1. The summed E-state index contributed by atoms with van der Waals surface area (Å²) in [6.45, 7) is 1.40. The molecule has 0 amide bonds. The van der Waals surface area contributed by atoms with E-state index in [1.807, 2.05) is 0 Å². The number of hydrogen-bond donors (Lipinski definition) is 1. The van der Waals surface area contributed by atoms with Crippen LogP contribution in [-0.4, -0.2) is 73.5 Å². The van der Waals surface area contributed by atoms with Crippen molar-refractivity contribution in [3.63, 3.8) is 0 Å². The SMILES string of the molecule is CS(=O)(=O)OCCCN(CCCOS(C)(=O)=O)P1(=O)NCCCO1. The molecule has 0 aromatic rings. The molecule has 0 spiro atoms. The Morgan fingerprint density at radius 1 is 1.04 bits per heavy atom. The fourth-order valence-corrected chi connectivity index (χ4v) is 4.92. The lowest BCUT2D eigenvalue weighted by molar-refractivity contribution is 0.211. The highest BCUT2D eigenvalue weighted by atomic mass is 32.2. The normalized spacial score (nSPS) is 22.8. The molecule has 10 nitrogen and oxygen atoms in total. The molecule has 0 bridgehead atoms. The molecule has 1 aliphatic rings. The van der Waals surface area contributed by atoms with E-state index in [4.69, 9.17) is 4.52 Å². The Bertz CT molecular complexity index is 586. The van der Waals surface area contributed by atoms with Crippen LogP contribution in [0.4, 0.5) is 0 Å².